The smallest absolute Gasteiger partial charge is 0.317 e. The highest BCUT2D eigenvalue weighted by molar-refractivity contribution is 7.80. The summed E-state index contributed by atoms with van der Waals surface area (Å²) in [7, 11) is 5.96. The predicted octanol–water partition coefficient (Wildman–Crippen LogP) is 5.71. The van der Waals surface area contributed by atoms with E-state index < -0.39 is 11.9 Å². The summed E-state index contributed by atoms with van der Waals surface area (Å²) in [5.74, 6) is -2.09. The lowest BCUT2D eigenvalue weighted by molar-refractivity contribution is -0.143. The molecule has 2 N–H and O–H groups in total. The first kappa shape index (κ1) is 38.5. The van der Waals surface area contributed by atoms with Gasteiger partial charge in [0.2, 0.25) is 0 Å². The number of unbranched alkanes of at least 4 members (excludes halogenated alkanes) is 1. The molecule has 1 atom stereocenters. The largest absolute Gasteiger partial charge is 0.480 e. The maximum Gasteiger partial charge on any atom is 0.317 e. The molecule has 0 aromatic heterocycles. The Morgan fingerprint density at radius 3 is 2.15 bits per heavy atom. The first-order valence-electron chi connectivity index (χ1n) is 15.5. The first-order chi connectivity index (χ1) is 22.0. The highest BCUT2D eigenvalue weighted by atomic mass is 32.1. The second-order valence-electron chi connectivity index (χ2n) is 11.8. The van der Waals surface area contributed by atoms with Crippen molar-refractivity contribution in [1.29, 1.82) is 0 Å². The van der Waals surface area contributed by atoms with Gasteiger partial charge in [0, 0.05) is 49.3 Å². The number of carbonyl (C=O) groups is 2. The van der Waals surface area contributed by atoms with Crippen LogP contribution in [0.3, 0.4) is 0 Å². The molecule has 0 aliphatic carbocycles. The minimum atomic E-state index is -1.05. The molecule has 0 bridgehead atoms. The van der Waals surface area contributed by atoms with Gasteiger partial charge in [-0.1, -0.05) is 72.4 Å². The van der Waals surface area contributed by atoms with Gasteiger partial charge in [0.1, 0.15) is 0 Å². The summed E-state index contributed by atoms with van der Waals surface area (Å²) in [5, 5.41) is 22.5. The van der Waals surface area contributed by atoms with E-state index in [1.54, 1.807) is 12.1 Å². The quantitative estimate of drug-likeness (QED) is 0.0480. The van der Waals surface area contributed by atoms with Crippen LogP contribution >= 0.6 is 12.2 Å². The van der Waals surface area contributed by atoms with Crippen LogP contribution < -0.4 is 0 Å². The van der Waals surface area contributed by atoms with Crippen LogP contribution in [0.15, 0.2) is 60.2 Å². The van der Waals surface area contributed by atoms with Gasteiger partial charge in [-0.25, -0.2) is 0 Å². The van der Waals surface area contributed by atoms with Crippen molar-refractivity contribution in [3.8, 4) is 0 Å². The lowest BCUT2D eigenvalue weighted by Crippen LogP contribution is -2.49. The summed E-state index contributed by atoms with van der Waals surface area (Å²) < 4.78 is 5.80. The van der Waals surface area contributed by atoms with Crippen LogP contribution in [-0.4, -0.2) is 115 Å². The lowest BCUT2D eigenvalue weighted by atomic mass is 10.00. The fourth-order valence-electron chi connectivity index (χ4n) is 4.96. The van der Waals surface area contributed by atoms with Gasteiger partial charge >= 0.3 is 11.9 Å². The van der Waals surface area contributed by atoms with E-state index in [0.29, 0.717) is 38.3 Å². The molecule has 12 heteroatoms. The number of ether oxygens (including phenoxy) is 1. The molecule has 0 amide bonds. The molecule has 0 aliphatic rings. The molecule has 250 valence electrons. The molecule has 2 aromatic rings. The van der Waals surface area contributed by atoms with E-state index in [2.05, 4.69) is 26.4 Å². The number of rotatable bonds is 24. The Kier molecular flexibility index (Phi) is 17.8. The van der Waals surface area contributed by atoms with Crippen molar-refractivity contribution in [2.75, 3.05) is 67.1 Å². The number of nitrogens with zero attached hydrogens (tertiary/aromatic N) is 6. The Labute approximate surface area is 278 Å². The molecule has 0 spiro atoms. The number of hydrogen-bond acceptors (Lipinski definition) is 8. The van der Waals surface area contributed by atoms with Crippen molar-refractivity contribution in [1.82, 2.24) is 14.7 Å². The molecule has 2 rings (SSSR count). The number of thiocarbonyl (C=S) groups is 1. The van der Waals surface area contributed by atoms with Crippen molar-refractivity contribution in [2.24, 2.45) is 5.11 Å². The van der Waals surface area contributed by atoms with Crippen LogP contribution in [0.5, 0.6) is 0 Å². The van der Waals surface area contributed by atoms with Gasteiger partial charge in [-0.05, 0) is 85.9 Å². The first-order valence-corrected chi connectivity index (χ1v) is 15.9. The van der Waals surface area contributed by atoms with Crippen LogP contribution in [0, 0.1) is 0 Å². The standard InChI is InChI=1S/C34H48N6O5S/c1-26(29-12-14-30(15-13-29)36-37-35)16-20-45-19-6-5-7-32(46)22-28-10-8-27(9-11-28)21-31(23-39(4)18-17-38(2)3)40(24-33(41)42)25-34(43)44/h8-15,31H,1,5-7,16-25H2,2-4H3,(H,41,42)(H,43,44). The monoisotopic (exact) mass is 652 g/mol. The number of benzene rings is 2. The Morgan fingerprint density at radius 1 is 0.935 bits per heavy atom. The third-order valence-electron chi connectivity index (χ3n) is 7.52. The Morgan fingerprint density at radius 2 is 1.57 bits per heavy atom. The van der Waals surface area contributed by atoms with Gasteiger partial charge in [-0.3, -0.25) is 14.5 Å². The molecule has 0 radical (unpaired) electrons. The van der Waals surface area contributed by atoms with Gasteiger partial charge < -0.3 is 24.7 Å². The van der Waals surface area contributed by atoms with Crippen molar-refractivity contribution in [2.45, 2.75) is 44.6 Å². The van der Waals surface area contributed by atoms with E-state index in [-0.39, 0.29) is 19.1 Å². The summed E-state index contributed by atoms with van der Waals surface area (Å²) in [6.45, 7) is 6.88. The van der Waals surface area contributed by atoms with E-state index in [9.17, 15) is 19.8 Å². The molecular weight excluding hydrogens is 604 g/mol. The maximum atomic E-state index is 11.5. The normalized spacial score (nSPS) is 11.9. The van der Waals surface area contributed by atoms with E-state index in [1.807, 2.05) is 57.5 Å². The lowest BCUT2D eigenvalue weighted by Gasteiger charge is -2.33. The number of likely N-dealkylation sites (N-methyl/N-ethyl adjacent to an activating group) is 2. The number of aliphatic carboxylic acids is 2. The predicted molar refractivity (Wildman–Crippen MR) is 187 cm³/mol. The number of azide groups is 1. The minimum absolute atomic E-state index is 0.275. The Hall–Kier alpha value is -3.64. The molecule has 11 nitrogen and oxygen atoms in total. The molecule has 2 aromatic carbocycles. The fourth-order valence-corrected chi connectivity index (χ4v) is 5.27. The third kappa shape index (κ3) is 16.1. The minimum Gasteiger partial charge on any atom is -0.480 e. The van der Waals surface area contributed by atoms with Crippen molar-refractivity contribution in [3.63, 3.8) is 0 Å². The summed E-state index contributed by atoms with van der Waals surface area (Å²) in [6, 6.07) is 15.2. The van der Waals surface area contributed by atoms with Crippen LogP contribution in [0.1, 0.15) is 42.4 Å². The molecular formula is C34H48N6O5S. The second kappa shape index (κ2) is 21.2. The zero-order valence-electron chi connectivity index (χ0n) is 27.3. The maximum absolute atomic E-state index is 11.5. The van der Waals surface area contributed by atoms with Crippen molar-refractivity contribution >= 4 is 40.3 Å². The molecule has 0 heterocycles. The third-order valence-corrected chi connectivity index (χ3v) is 7.87. The van der Waals surface area contributed by atoms with Crippen LogP contribution in [0.25, 0.3) is 16.0 Å². The molecule has 0 saturated heterocycles. The zero-order chi connectivity index (χ0) is 33.9. The molecule has 1 unspecified atom stereocenters. The van der Waals surface area contributed by atoms with Crippen LogP contribution in [0.2, 0.25) is 0 Å². The van der Waals surface area contributed by atoms with Crippen LogP contribution in [-0.2, 0) is 27.2 Å². The molecule has 0 saturated carbocycles. The van der Waals surface area contributed by atoms with Gasteiger partial charge in [-0.15, -0.1) is 0 Å². The van der Waals surface area contributed by atoms with E-state index >= 15 is 0 Å². The molecule has 0 aliphatic heterocycles. The average molecular weight is 653 g/mol. The molecule has 0 fully saturated rings. The summed E-state index contributed by atoms with van der Waals surface area (Å²) in [6.07, 6.45) is 4.67. The topological polar surface area (TPSA) is 142 Å². The van der Waals surface area contributed by atoms with Crippen molar-refractivity contribution in [3.05, 3.63) is 82.2 Å². The Balaban J connectivity index is 1.79. The van der Waals surface area contributed by atoms with E-state index in [0.717, 1.165) is 65.9 Å². The summed E-state index contributed by atoms with van der Waals surface area (Å²) in [4.78, 5) is 32.6. The summed E-state index contributed by atoms with van der Waals surface area (Å²) >= 11 is 5.65. The molecule has 46 heavy (non-hydrogen) atoms. The second-order valence-corrected chi connectivity index (χ2v) is 12.4. The van der Waals surface area contributed by atoms with Gasteiger partial charge in [0.15, 0.2) is 0 Å². The number of carboxylic acid groups (broad SMARTS) is 2. The van der Waals surface area contributed by atoms with E-state index in [1.165, 1.54) is 4.90 Å². The summed E-state index contributed by atoms with van der Waals surface area (Å²) in [5.41, 5.74) is 13.2. The van der Waals surface area contributed by atoms with Crippen molar-refractivity contribution < 1.29 is 24.5 Å². The Bertz CT molecular complexity index is 1300. The van der Waals surface area contributed by atoms with Gasteiger partial charge in [0.05, 0.1) is 19.7 Å². The highest BCUT2D eigenvalue weighted by Gasteiger charge is 2.25. The van der Waals surface area contributed by atoms with Crippen LogP contribution in [0.4, 0.5) is 5.69 Å². The number of hydrogen-bond donors (Lipinski definition) is 2. The SMILES string of the molecule is C=C(CCOCCCCC(=S)Cc1ccc(CC(CN(C)CCN(C)C)N(CC(=O)O)CC(=O)O)cc1)c1ccc(N=[N+]=[N-])cc1. The highest BCUT2D eigenvalue weighted by Crippen LogP contribution is 2.20. The number of carboxylic acids is 2. The van der Waals surface area contributed by atoms with Gasteiger partial charge in [0.25, 0.3) is 0 Å². The zero-order valence-corrected chi connectivity index (χ0v) is 28.1. The average Bonchev–Trinajstić information content (AvgIpc) is 2.99. The van der Waals surface area contributed by atoms with E-state index in [4.69, 9.17) is 22.5 Å². The fraction of sp³-hybridized carbons (Fsp3) is 0.500. The van der Waals surface area contributed by atoms with Gasteiger partial charge in [-0.2, -0.15) is 0 Å².